The molecule has 1 amide bonds. The molecule has 2 aromatic heterocycles. The van der Waals surface area contributed by atoms with E-state index in [1.165, 1.54) is 22.3 Å². The number of nitrogens with zero attached hydrogens (tertiary/aromatic N) is 5. The van der Waals surface area contributed by atoms with Crippen molar-refractivity contribution < 1.29 is 9.72 Å². The first-order valence-electron chi connectivity index (χ1n) is 11.3. The van der Waals surface area contributed by atoms with Crippen LogP contribution in [0.3, 0.4) is 0 Å². The van der Waals surface area contributed by atoms with Crippen LogP contribution in [0.1, 0.15) is 35.2 Å². The van der Waals surface area contributed by atoms with E-state index in [0.717, 1.165) is 48.1 Å². The van der Waals surface area contributed by atoms with Gasteiger partial charge in [0.15, 0.2) is 5.13 Å². The third-order valence-corrected chi connectivity index (χ3v) is 7.27. The predicted octanol–water partition coefficient (Wildman–Crippen LogP) is 6.09. The van der Waals surface area contributed by atoms with Crippen molar-refractivity contribution in [2.75, 3.05) is 22.9 Å². The van der Waals surface area contributed by atoms with Crippen LogP contribution in [0, 0.1) is 10.1 Å². The number of nitro groups is 1. The first-order valence-corrected chi connectivity index (χ1v) is 12.5. The fourth-order valence-corrected chi connectivity index (χ4v) is 5.50. The molecule has 2 aromatic carbocycles. The molecule has 1 saturated heterocycles. The Kier molecular flexibility index (Phi) is 6.61. The highest BCUT2D eigenvalue weighted by Crippen LogP contribution is 2.35. The maximum Gasteiger partial charge on any atom is 0.293 e. The lowest BCUT2D eigenvalue weighted by molar-refractivity contribution is -0.384. The smallest absolute Gasteiger partial charge is 0.293 e. The molecule has 0 saturated carbocycles. The summed E-state index contributed by atoms with van der Waals surface area (Å²) in [4.78, 5) is 37.7. The minimum atomic E-state index is -0.411. The van der Waals surface area contributed by atoms with Crippen molar-refractivity contribution in [3.8, 4) is 0 Å². The summed E-state index contributed by atoms with van der Waals surface area (Å²) in [5.41, 5.74) is 2.27. The number of fused-ring (bicyclic) bond motifs is 1. The van der Waals surface area contributed by atoms with E-state index in [1.54, 1.807) is 36.7 Å². The summed E-state index contributed by atoms with van der Waals surface area (Å²) in [6, 6.07) is 13.8. The largest absolute Gasteiger partial charge is 0.366 e. The molecule has 8 nitrogen and oxygen atoms in total. The van der Waals surface area contributed by atoms with Gasteiger partial charge < -0.3 is 4.90 Å². The number of rotatable bonds is 6. The van der Waals surface area contributed by atoms with Gasteiger partial charge in [-0.05, 0) is 61.2 Å². The van der Waals surface area contributed by atoms with Gasteiger partial charge in [-0.3, -0.25) is 24.8 Å². The number of aromatic nitrogens is 2. The fraction of sp³-hybridized carbons (Fsp3) is 0.240. The van der Waals surface area contributed by atoms with Crippen LogP contribution in [0.5, 0.6) is 0 Å². The molecule has 0 aliphatic carbocycles. The maximum absolute atomic E-state index is 13.8. The van der Waals surface area contributed by atoms with Gasteiger partial charge in [0.05, 0.1) is 21.7 Å². The summed E-state index contributed by atoms with van der Waals surface area (Å²) in [6.45, 7) is 1.77. The summed E-state index contributed by atoms with van der Waals surface area (Å²) in [6.07, 6.45) is 6.47. The Hall–Kier alpha value is -3.56. The normalized spacial score (nSPS) is 13.7. The number of thiazole rings is 1. The molecule has 0 unspecified atom stereocenters. The number of benzene rings is 2. The highest BCUT2D eigenvalue weighted by atomic mass is 35.5. The van der Waals surface area contributed by atoms with Gasteiger partial charge in [-0.15, -0.1) is 0 Å². The molecule has 10 heteroatoms. The molecule has 0 bridgehead atoms. The summed E-state index contributed by atoms with van der Waals surface area (Å²) in [5.74, 6) is -0.368. The van der Waals surface area contributed by atoms with Gasteiger partial charge in [0.1, 0.15) is 5.69 Å². The van der Waals surface area contributed by atoms with Gasteiger partial charge >= 0.3 is 0 Å². The van der Waals surface area contributed by atoms with Crippen LogP contribution in [0.4, 0.5) is 16.5 Å². The molecule has 0 N–H and O–H groups in total. The van der Waals surface area contributed by atoms with Crippen LogP contribution in [0.25, 0.3) is 10.2 Å². The van der Waals surface area contributed by atoms with Crippen LogP contribution >= 0.6 is 22.9 Å². The van der Waals surface area contributed by atoms with Crippen molar-refractivity contribution in [1.82, 2.24) is 9.97 Å². The first kappa shape index (κ1) is 23.2. The second-order valence-corrected chi connectivity index (χ2v) is 9.81. The number of amides is 1. The SMILES string of the molecule is O=C(c1ccc(N2CCCCC2)c([N+](=O)[O-])c1)N(Cc1cccnc1)c1nc2ccc(Cl)cc2s1. The molecule has 178 valence electrons. The highest BCUT2D eigenvalue weighted by molar-refractivity contribution is 7.22. The van der Waals surface area contributed by atoms with Gasteiger partial charge in [-0.2, -0.15) is 0 Å². The van der Waals surface area contributed by atoms with E-state index in [0.29, 0.717) is 15.8 Å². The van der Waals surface area contributed by atoms with Crippen molar-refractivity contribution >= 4 is 55.6 Å². The summed E-state index contributed by atoms with van der Waals surface area (Å²) in [5, 5.41) is 13.0. The van der Waals surface area contributed by atoms with Crippen molar-refractivity contribution in [3.05, 3.63) is 87.2 Å². The Bertz CT molecular complexity index is 1390. The van der Waals surface area contributed by atoms with Crippen LogP contribution in [0.15, 0.2) is 60.9 Å². The van der Waals surface area contributed by atoms with Gasteiger partial charge in [0, 0.05) is 42.1 Å². The van der Waals surface area contributed by atoms with Crippen molar-refractivity contribution in [1.29, 1.82) is 0 Å². The van der Waals surface area contributed by atoms with E-state index in [2.05, 4.69) is 9.97 Å². The fourth-order valence-electron chi connectivity index (χ4n) is 4.26. The Morgan fingerprint density at radius 3 is 2.71 bits per heavy atom. The average molecular weight is 508 g/mol. The highest BCUT2D eigenvalue weighted by Gasteiger charge is 2.27. The van der Waals surface area contributed by atoms with Crippen LogP contribution in [0.2, 0.25) is 5.02 Å². The van der Waals surface area contributed by atoms with Gasteiger partial charge in [0.25, 0.3) is 11.6 Å². The lowest BCUT2D eigenvalue weighted by atomic mass is 10.1. The third-order valence-electron chi connectivity index (χ3n) is 5.99. The monoisotopic (exact) mass is 507 g/mol. The molecule has 0 atom stereocenters. The number of carbonyl (C=O) groups is 1. The van der Waals surface area contributed by atoms with E-state index < -0.39 is 4.92 Å². The zero-order chi connectivity index (χ0) is 24.4. The first-order chi connectivity index (χ1) is 17.0. The second-order valence-electron chi connectivity index (χ2n) is 8.37. The molecular formula is C25H22ClN5O3S. The molecule has 4 aromatic rings. The van der Waals surface area contributed by atoms with Crippen molar-refractivity contribution in [2.24, 2.45) is 0 Å². The number of piperidine rings is 1. The second kappa shape index (κ2) is 9.97. The minimum Gasteiger partial charge on any atom is -0.366 e. The standard InChI is InChI=1S/C25H22ClN5O3S/c26-19-7-8-20-23(14-19)35-25(28-20)30(16-17-5-4-10-27-15-17)24(32)18-6-9-21(22(13-18)31(33)34)29-11-2-1-3-12-29/h4-10,13-15H,1-3,11-12,16H2. The zero-order valence-corrected chi connectivity index (χ0v) is 20.3. The minimum absolute atomic E-state index is 0.0600. The Morgan fingerprint density at radius 2 is 1.97 bits per heavy atom. The molecular weight excluding hydrogens is 486 g/mol. The molecule has 35 heavy (non-hydrogen) atoms. The van der Waals surface area contributed by atoms with E-state index in [1.807, 2.05) is 23.1 Å². The Balaban J connectivity index is 1.54. The van der Waals surface area contributed by atoms with Crippen molar-refractivity contribution in [3.63, 3.8) is 0 Å². The number of pyridine rings is 1. The molecule has 5 rings (SSSR count). The number of hydrogen-bond donors (Lipinski definition) is 0. The van der Waals surface area contributed by atoms with Gasteiger partial charge in [0.2, 0.25) is 0 Å². The van der Waals surface area contributed by atoms with E-state index in [-0.39, 0.29) is 23.7 Å². The summed E-state index contributed by atoms with van der Waals surface area (Å²) in [7, 11) is 0. The quantitative estimate of drug-likeness (QED) is 0.231. The van der Waals surface area contributed by atoms with Crippen LogP contribution < -0.4 is 9.80 Å². The van der Waals surface area contributed by atoms with E-state index >= 15 is 0 Å². The number of anilines is 2. The predicted molar refractivity (Wildman–Crippen MR) is 139 cm³/mol. The molecule has 1 aliphatic heterocycles. The summed E-state index contributed by atoms with van der Waals surface area (Å²) >= 11 is 7.49. The molecule has 1 fully saturated rings. The number of carbonyl (C=O) groups excluding carboxylic acids is 1. The van der Waals surface area contributed by atoms with E-state index in [9.17, 15) is 14.9 Å². The Labute approximate surface area is 210 Å². The van der Waals surface area contributed by atoms with Crippen LogP contribution in [-0.4, -0.2) is 33.9 Å². The van der Waals surface area contributed by atoms with Crippen LogP contribution in [-0.2, 0) is 6.54 Å². The number of nitro benzene ring substituents is 1. The molecule has 1 aliphatic rings. The van der Waals surface area contributed by atoms with E-state index in [4.69, 9.17) is 11.6 Å². The Morgan fingerprint density at radius 1 is 1.14 bits per heavy atom. The molecule has 0 radical (unpaired) electrons. The average Bonchev–Trinajstić information content (AvgIpc) is 3.30. The van der Waals surface area contributed by atoms with Crippen molar-refractivity contribution in [2.45, 2.75) is 25.8 Å². The number of hydrogen-bond acceptors (Lipinski definition) is 7. The lowest BCUT2D eigenvalue weighted by Crippen LogP contribution is -2.31. The third kappa shape index (κ3) is 4.96. The topological polar surface area (TPSA) is 92.5 Å². The lowest BCUT2D eigenvalue weighted by Gasteiger charge is -2.28. The number of halogens is 1. The summed E-state index contributed by atoms with van der Waals surface area (Å²) < 4.78 is 0.850. The zero-order valence-electron chi connectivity index (χ0n) is 18.8. The van der Waals surface area contributed by atoms with Gasteiger partial charge in [-0.1, -0.05) is 29.0 Å². The maximum atomic E-state index is 13.8. The molecule has 0 spiro atoms. The molecule has 3 heterocycles. The van der Waals surface area contributed by atoms with Gasteiger partial charge in [-0.25, -0.2) is 4.98 Å².